The van der Waals surface area contributed by atoms with Crippen molar-refractivity contribution in [2.75, 3.05) is 45.8 Å². The Labute approximate surface area is 346 Å². The van der Waals surface area contributed by atoms with Gasteiger partial charge < -0.3 is 0 Å². The summed E-state index contributed by atoms with van der Waals surface area (Å²) in [6.07, 6.45) is 16.0. The van der Waals surface area contributed by atoms with E-state index in [0.29, 0.717) is 6.04 Å². The maximum absolute atomic E-state index is 2.73. The topological polar surface area (TPSA) is 16.2 Å². The average molecular weight is 770 g/mol. The number of piperidine rings is 1. The van der Waals surface area contributed by atoms with Crippen LogP contribution >= 0.6 is 0 Å². The summed E-state index contributed by atoms with van der Waals surface area (Å²) in [7, 11) is 0. The molecule has 0 spiro atoms. The van der Waals surface area contributed by atoms with Crippen LogP contribution in [0, 0.1) is 11.8 Å². The van der Waals surface area contributed by atoms with Gasteiger partial charge in [0.2, 0.25) is 0 Å². The van der Waals surface area contributed by atoms with E-state index in [2.05, 4.69) is 104 Å². The number of piperazine rings is 1. The molecule has 2 aliphatic carbocycles. The molecule has 0 N–H and O–H groups in total. The highest BCUT2D eigenvalue weighted by Crippen LogP contribution is 2.38. The Kier molecular flexibility index (Phi) is 27.7. The van der Waals surface area contributed by atoms with Gasteiger partial charge in [0.05, 0.1) is 0 Å². The number of nitrogens with zero attached hydrogens (tertiary/aromatic N) is 5. The van der Waals surface area contributed by atoms with Crippen LogP contribution in [0.3, 0.4) is 0 Å². The zero-order valence-electron chi connectivity index (χ0n) is 40.2. The highest BCUT2D eigenvalue weighted by Gasteiger charge is 2.38. The van der Waals surface area contributed by atoms with Crippen LogP contribution in [-0.4, -0.2) is 113 Å². The molecule has 55 heavy (non-hydrogen) atoms. The van der Waals surface area contributed by atoms with Gasteiger partial charge in [-0.25, -0.2) is 0 Å². The molecule has 1 aromatic rings. The average Bonchev–Trinajstić information content (AvgIpc) is 4.02. The maximum Gasteiger partial charge on any atom is 0.0239 e. The molecule has 5 heterocycles. The standard InChI is InChI=1S/C12H17N.C11H21N.C10H20N2.C9H17N.4C2H6/c1-10(2)13-8-7-11-5-3-4-6-12(11)9-13;1-9(2)12-8-10-5-3-4-6-11(12)7-10;1-9(2)12-7-6-11-5-3-4-10(11)8-12;1-7(2)10-6-8-3-4-9(10)5-8;4*1-2/h3-6,10H,7-9H2,1-2H3;9-11H,3-8H2,1-2H3;9-10H,3-8H2,1-2H3;7-9H,3-6H2,1-2H3;4*1-2H3. The number of hydrogen-bond donors (Lipinski definition) is 0. The lowest BCUT2D eigenvalue weighted by Gasteiger charge is -2.39. The largest absolute Gasteiger partial charge is 0.298 e. The Hall–Kier alpha value is -0.980. The third-order valence-electron chi connectivity index (χ3n) is 13.0. The van der Waals surface area contributed by atoms with Gasteiger partial charge in [-0.05, 0) is 143 Å². The molecule has 8 rings (SSSR count). The van der Waals surface area contributed by atoms with Crippen molar-refractivity contribution in [1.29, 1.82) is 0 Å². The van der Waals surface area contributed by atoms with Crippen molar-refractivity contribution < 1.29 is 0 Å². The van der Waals surface area contributed by atoms with Gasteiger partial charge in [-0.2, -0.15) is 0 Å². The van der Waals surface area contributed by atoms with Crippen molar-refractivity contribution in [2.24, 2.45) is 11.8 Å². The van der Waals surface area contributed by atoms with E-state index in [0.717, 1.165) is 54.6 Å². The van der Waals surface area contributed by atoms with Crippen molar-refractivity contribution in [1.82, 2.24) is 24.5 Å². The highest BCUT2D eigenvalue weighted by atomic mass is 15.3. The first-order valence-electron chi connectivity index (χ1n) is 24.4. The Bertz CT molecular complexity index is 1050. The minimum Gasteiger partial charge on any atom is -0.298 e. The summed E-state index contributed by atoms with van der Waals surface area (Å²) in [6, 6.07) is 14.6. The van der Waals surface area contributed by atoms with E-state index < -0.39 is 0 Å². The van der Waals surface area contributed by atoms with Gasteiger partial charge in [0, 0.05) is 88.1 Å². The lowest BCUT2D eigenvalue weighted by Crippen LogP contribution is -2.52. The molecule has 1 aromatic carbocycles. The second-order valence-corrected chi connectivity index (χ2v) is 17.5. The molecular formula is C50H99N5. The second kappa shape index (κ2) is 29.3. The summed E-state index contributed by atoms with van der Waals surface area (Å²) in [6.45, 7) is 44.9. The molecule has 324 valence electrons. The van der Waals surface area contributed by atoms with Crippen LogP contribution in [0.15, 0.2) is 24.3 Å². The Morgan fingerprint density at radius 2 is 0.964 bits per heavy atom. The summed E-state index contributed by atoms with van der Waals surface area (Å²) in [5, 5.41) is 0. The Balaban J connectivity index is 0.000000346. The summed E-state index contributed by atoms with van der Waals surface area (Å²) >= 11 is 0. The van der Waals surface area contributed by atoms with E-state index in [-0.39, 0.29) is 0 Å². The van der Waals surface area contributed by atoms with E-state index >= 15 is 0 Å². The SMILES string of the molecule is CC.CC.CC.CC.CC(C)N1CC2CCC1C2.CC(C)N1CC2CCCCC1C2.CC(C)N1CCN2CCCC2C1.CC(C)N1CCc2ccccc2C1. The third kappa shape index (κ3) is 17.0. The van der Waals surface area contributed by atoms with Gasteiger partial charge in [0.15, 0.2) is 0 Å². The van der Waals surface area contributed by atoms with Crippen molar-refractivity contribution in [3.8, 4) is 0 Å². The lowest BCUT2D eigenvalue weighted by molar-refractivity contribution is 0.0827. The fourth-order valence-electron chi connectivity index (χ4n) is 10.0. The van der Waals surface area contributed by atoms with E-state index in [1.807, 2.05) is 55.4 Å². The molecular weight excluding hydrogens is 671 g/mol. The van der Waals surface area contributed by atoms with Gasteiger partial charge in [-0.1, -0.05) is 92.5 Å². The molecule has 2 saturated carbocycles. The first kappa shape index (κ1) is 52.0. The normalized spacial score (nSPS) is 27.1. The van der Waals surface area contributed by atoms with Crippen molar-refractivity contribution in [3.63, 3.8) is 0 Å². The maximum atomic E-state index is 2.73. The molecule has 5 nitrogen and oxygen atoms in total. The molecule has 4 saturated heterocycles. The van der Waals surface area contributed by atoms with Crippen molar-refractivity contribution in [3.05, 3.63) is 35.4 Å². The molecule has 6 fully saturated rings. The van der Waals surface area contributed by atoms with Gasteiger partial charge >= 0.3 is 0 Å². The molecule has 5 heteroatoms. The molecule has 5 aliphatic heterocycles. The highest BCUT2D eigenvalue weighted by molar-refractivity contribution is 5.29. The van der Waals surface area contributed by atoms with Crippen LogP contribution in [0.25, 0.3) is 0 Å². The monoisotopic (exact) mass is 770 g/mol. The predicted octanol–water partition coefficient (Wildman–Crippen LogP) is 12.3. The quantitative estimate of drug-likeness (QED) is 0.302. The first-order chi connectivity index (χ1) is 26.6. The van der Waals surface area contributed by atoms with E-state index in [9.17, 15) is 0 Å². The smallest absolute Gasteiger partial charge is 0.0239 e. The Morgan fingerprint density at radius 1 is 0.455 bits per heavy atom. The molecule has 5 atom stereocenters. The molecule has 0 radical (unpaired) electrons. The zero-order valence-corrected chi connectivity index (χ0v) is 40.2. The van der Waals surface area contributed by atoms with Crippen molar-refractivity contribution >= 4 is 0 Å². The first-order valence-corrected chi connectivity index (χ1v) is 24.4. The van der Waals surface area contributed by atoms with Gasteiger partial charge in [-0.15, -0.1) is 0 Å². The zero-order chi connectivity index (χ0) is 41.5. The number of fused-ring (bicyclic) bond motifs is 6. The molecule has 4 bridgehead atoms. The third-order valence-corrected chi connectivity index (χ3v) is 13.0. The summed E-state index contributed by atoms with van der Waals surface area (Å²) < 4.78 is 0. The van der Waals surface area contributed by atoms with Gasteiger partial charge in [0.1, 0.15) is 0 Å². The van der Waals surface area contributed by atoms with Crippen LogP contribution < -0.4 is 0 Å². The summed E-state index contributed by atoms with van der Waals surface area (Å²) in [5.74, 6) is 2.10. The van der Waals surface area contributed by atoms with Gasteiger partial charge in [0.25, 0.3) is 0 Å². The van der Waals surface area contributed by atoms with E-state index in [1.54, 1.807) is 5.56 Å². The molecule has 7 aliphatic rings. The van der Waals surface area contributed by atoms with Crippen LogP contribution in [-0.2, 0) is 13.0 Å². The fraction of sp³-hybridized carbons (Fsp3) is 0.880. The van der Waals surface area contributed by atoms with Crippen molar-refractivity contribution in [2.45, 2.75) is 230 Å². The molecule has 0 amide bonds. The molecule has 5 unspecified atom stereocenters. The molecule has 0 aromatic heterocycles. The van der Waals surface area contributed by atoms with Crippen LogP contribution in [0.2, 0.25) is 0 Å². The second-order valence-electron chi connectivity index (χ2n) is 17.5. The van der Waals surface area contributed by atoms with Gasteiger partial charge in [-0.3, -0.25) is 24.5 Å². The minimum absolute atomic E-state index is 0.674. The van der Waals surface area contributed by atoms with Crippen LogP contribution in [0.4, 0.5) is 0 Å². The predicted molar refractivity (Wildman–Crippen MR) is 248 cm³/mol. The van der Waals surface area contributed by atoms with E-state index in [1.165, 1.54) is 122 Å². The van der Waals surface area contributed by atoms with Crippen LogP contribution in [0.1, 0.15) is 186 Å². The Morgan fingerprint density at radius 3 is 1.49 bits per heavy atom. The lowest BCUT2D eigenvalue weighted by atomic mass is 9.99. The fourth-order valence-corrected chi connectivity index (χ4v) is 10.0. The summed E-state index contributed by atoms with van der Waals surface area (Å²) in [4.78, 5) is 13.2. The van der Waals surface area contributed by atoms with E-state index in [4.69, 9.17) is 0 Å². The van der Waals surface area contributed by atoms with Crippen LogP contribution in [0.5, 0.6) is 0 Å². The number of benzene rings is 1. The summed E-state index contributed by atoms with van der Waals surface area (Å²) in [5.41, 5.74) is 3.06. The number of rotatable bonds is 4. The number of hydrogen-bond acceptors (Lipinski definition) is 5. The number of likely N-dealkylation sites (tertiary alicyclic amines) is 2. The minimum atomic E-state index is 0.674.